The zero-order valence-electron chi connectivity index (χ0n) is 8.41. The number of hydrazine groups is 1. The highest BCUT2D eigenvalue weighted by Crippen LogP contribution is 2.05. The van der Waals surface area contributed by atoms with Crippen molar-refractivity contribution in [3.05, 3.63) is 35.4 Å². The number of hydrogen-bond acceptors (Lipinski definition) is 3. The van der Waals surface area contributed by atoms with Gasteiger partial charge in [-0.2, -0.15) is 0 Å². The van der Waals surface area contributed by atoms with Crippen molar-refractivity contribution >= 4 is 11.8 Å². The Labute approximate surface area is 87.6 Å². The van der Waals surface area contributed by atoms with Crippen LogP contribution in [0.2, 0.25) is 0 Å². The molecule has 5 heteroatoms. The van der Waals surface area contributed by atoms with Crippen molar-refractivity contribution in [3.63, 3.8) is 0 Å². The van der Waals surface area contributed by atoms with Crippen LogP contribution < -0.4 is 16.6 Å². The van der Waals surface area contributed by atoms with Crippen molar-refractivity contribution < 1.29 is 9.59 Å². The smallest absolute Gasteiger partial charge is 0.253 e. The summed E-state index contributed by atoms with van der Waals surface area (Å²) in [7, 11) is 0. The van der Waals surface area contributed by atoms with Crippen LogP contribution in [0.15, 0.2) is 24.3 Å². The van der Waals surface area contributed by atoms with E-state index < -0.39 is 5.91 Å². The normalized spacial score (nSPS) is 9.47. The molecular weight excluding hydrogens is 194 g/mol. The van der Waals surface area contributed by atoms with Crippen LogP contribution in [-0.4, -0.2) is 18.4 Å². The highest BCUT2D eigenvalue weighted by molar-refractivity contribution is 5.97. The lowest BCUT2D eigenvalue weighted by Crippen LogP contribution is -2.40. The van der Waals surface area contributed by atoms with E-state index in [2.05, 4.69) is 5.32 Å². The van der Waals surface area contributed by atoms with Gasteiger partial charge in [0.2, 0.25) is 0 Å². The summed E-state index contributed by atoms with van der Waals surface area (Å²) in [6.45, 7) is 1.71. The second kappa shape index (κ2) is 5.11. The van der Waals surface area contributed by atoms with Crippen LogP contribution in [0.5, 0.6) is 0 Å². The van der Waals surface area contributed by atoms with Gasteiger partial charge in [-0.05, 0) is 18.6 Å². The quantitative estimate of drug-likeness (QED) is 0.362. The molecule has 1 aromatic carbocycles. The molecule has 15 heavy (non-hydrogen) atoms. The van der Waals surface area contributed by atoms with Crippen LogP contribution in [0, 0.1) is 6.92 Å². The zero-order valence-corrected chi connectivity index (χ0v) is 8.41. The minimum atomic E-state index is -0.433. The molecule has 5 nitrogen and oxygen atoms in total. The summed E-state index contributed by atoms with van der Waals surface area (Å²) >= 11 is 0. The minimum Gasteiger partial charge on any atom is -0.343 e. The van der Waals surface area contributed by atoms with Crippen molar-refractivity contribution in [2.45, 2.75) is 6.92 Å². The molecule has 0 aliphatic heterocycles. The van der Waals surface area contributed by atoms with Crippen molar-refractivity contribution in [1.82, 2.24) is 10.7 Å². The SMILES string of the molecule is Cc1ccccc1C(=O)NCC(=O)NN. The molecule has 1 rings (SSSR count). The fourth-order valence-electron chi connectivity index (χ4n) is 1.13. The van der Waals surface area contributed by atoms with E-state index in [0.717, 1.165) is 5.56 Å². The van der Waals surface area contributed by atoms with Crippen LogP contribution in [-0.2, 0) is 4.79 Å². The summed E-state index contributed by atoms with van der Waals surface area (Å²) in [6.07, 6.45) is 0. The first kappa shape index (κ1) is 11.2. The highest BCUT2D eigenvalue weighted by Gasteiger charge is 2.08. The number of carbonyl (C=O) groups is 2. The summed E-state index contributed by atoms with van der Waals surface area (Å²) in [5.74, 6) is 4.16. The van der Waals surface area contributed by atoms with Gasteiger partial charge in [0.15, 0.2) is 0 Å². The van der Waals surface area contributed by atoms with Crippen molar-refractivity contribution in [2.24, 2.45) is 5.84 Å². The fourth-order valence-corrected chi connectivity index (χ4v) is 1.13. The van der Waals surface area contributed by atoms with Gasteiger partial charge in [-0.1, -0.05) is 18.2 Å². The number of benzene rings is 1. The van der Waals surface area contributed by atoms with Crippen LogP contribution >= 0.6 is 0 Å². The van der Waals surface area contributed by atoms with Crippen LogP contribution in [0.3, 0.4) is 0 Å². The molecule has 0 bridgehead atoms. The predicted molar refractivity (Wildman–Crippen MR) is 55.8 cm³/mol. The number of nitrogens with two attached hydrogens (primary N) is 1. The number of nitrogens with one attached hydrogen (secondary N) is 2. The number of amides is 2. The number of carbonyl (C=O) groups excluding carboxylic acids is 2. The van der Waals surface area contributed by atoms with Crippen LogP contribution in [0.25, 0.3) is 0 Å². The average Bonchev–Trinajstić information content (AvgIpc) is 2.26. The first-order chi connectivity index (χ1) is 7.15. The maximum Gasteiger partial charge on any atom is 0.253 e. The molecule has 0 saturated carbocycles. The Bertz CT molecular complexity index is 377. The Hall–Kier alpha value is -1.88. The fraction of sp³-hybridized carbons (Fsp3) is 0.200. The van der Waals surface area contributed by atoms with Gasteiger partial charge in [-0.15, -0.1) is 0 Å². The third-order valence-electron chi connectivity index (χ3n) is 1.96. The molecule has 1 aromatic rings. The third-order valence-corrected chi connectivity index (χ3v) is 1.96. The van der Waals surface area contributed by atoms with Crippen molar-refractivity contribution in [3.8, 4) is 0 Å². The van der Waals surface area contributed by atoms with Gasteiger partial charge < -0.3 is 5.32 Å². The zero-order chi connectivity index (χ0) is 11.3. The molecule has 4 N–H and O–H groups in total. The molecule has 0 spiro atoms. The van der Waals surface area contributed by atoms with Gasteiger partial charge in [0.1, 0.15) is 0 Å². The Balaban J connectivity index is 2.62. The predicted octanol–water partition coefficient (Wildman–Crippen LogP) is -0.285. The third kappa shape index (κ3) is 3.07. The van der Waals surface area contributed by atoms with E-state index in [1.807, 2.05) is 24.5 Å². The van der Waals surface area contributed by atoms with Gasteiger partial charge in [-0.25, -0.2) is 5.84 Å². The summed E-state index contributed by atoms with van der Waals surface area (Å²) in [5, 5.41) is 2.46. The molecule has 80 valence electrons. The van der Waals surface area contributed by atoms with E-state index in [-0.39, 0.29) is 12.5 Å². The molecular formula is C10H13N3O2. The van der Waals surface area contributed by atoms with E-state index in [1.165, 1.54) is 0 Å². The van der Waals surface area contributed by atoms with E-state index >= 15 is 0 Å². The number of aryl methyl sites for hydroxylation is 1. The lowest BCUT2D eigenvalue weighted by molar-refractivity contribution is -0.120. The summed E-state index contributed by atoms with van der Waals surface area (Å²) < 4.78 is 0. The topological polar surface area (TPSA) is 84.2 Å². The largest absolute Gasteiger partial charge is 0.343 e. The van der Waals surface area contributed by atoms with Gasteiger partial charge in [0.05, 0.1) is 6.54 Å². The molecule has 0 unspecified atom stereocenters. The summed E-state index contributed by atoms with van der Waals surface area (Å²) in [6, 6.07) is 7.15. The number of rotatable bonds is 3. The maximum atomic E-state index is 11.6. The van der Waals surface area contributed by atoms with Crippen molar-refractivity contribution in [1.29, 1.82) is 0 Å². The molecule has 0 aliphatic carbocycles. The van der Waals surface area contributed by atoms with Gasteiger partial charge >= 0.3 is 0 Å². The molecule has 0 saturated heterocycles. The lowest BCUT2D eigenvalue weighted by Gasteiger charge is -2.06. The maximum absolute atomic E-state index is 11.6. The molecule has 0 heterocycles. The summed E-state index contributed by atoms with van der Waals surface area (Å²) in [4.78, 5) is 22.3. The molecule has 0 radical (unpaired) electrons. The Morgan fingerprint density at radius 1 is 1.33 bits per heavy atom. The van der Waals surface area contributed by atoms with E-state index in [1.54, 1.807) is 12.1 Å². The molecule has 0 atom stereocenters. The lowest BCUT2D eigenvalue weighted by atomic mass is 10.1. The molecule has 0 fully saturated rings. The highest BCUT2D eigenvalue weighted by atomic mass is 16.2. The second-order valence-corrected chi connectivity index (χ2v) is 3.07. The Kier molecular flexibility index (Phi) is 3.82. The Morgan fingerprint density at radius 3 is 2.60 bits per heavy atom. The minimum absolute atomic E-state index is 0.121. The van der Waals surface area contributed by atoms with Crippen molar-refractivity contribution in [2.75, 3.05) is 6.54 Å². The summed E-state index contributed by atoms with van der Waals surface area (Å²) in [5.41, 5.74) is 3.35. The molecule has 0 aromatic heterocycles. The van der Waals surface area contributed by atoms with Crippen LogP contribution in [0.4, 0.5) is 0 Å². The van der Waals surface area contributed by atoms with Gasteiger partial charge in [0, 0.05) is 5.56 Å². The Morgan fingerprint density at radius 2 is 2.00 bits per heavy atom. The van der Waals surface area contributed by atoms with E-state index in [0.29, 0.717) is 5.56 Å². The molecule has 0 aliphatic rings. The molecule has 2 amide bonds. The second-order valence-electron chi connectivity index (χ2n) is 3.07. The van der Waals surface area contributed by atoms with Gasteiger partial charge in [0.25, 0.3) is 11.8 Å². The standard InChI is InChI=1S/C10H13N3O2/c1-7-4-2-3-5-8(7)10(15)12-6-9(14)13-11/h2-5H,6,11H2,1H3,(H,12,15)(H,13,14). The van der Waals surface area contributed by atoms with Gasteiger partial charge in [-0.3, -0.25) is 15.0 Å². The monoisotopic (exact) mass is 207 g/mol. The van der Waals surface area contributed by atoms with E-state index in [9.17, 15) is 9.59 Å². The van der Waals surface area contributed by atoms with E-state index in [4.69, 9.17) is 5.84 Å². The number of hydrogen-bond donors (Lipinski definition) is 3. The van der Waals surface area contributed by atoms with Crippen LogP contribution in [0.1, 0.15) is 15.9 Å². The average molecular weight is 207 g/mol. The first-order valence-corrected chi connectivity index (χ1v) is 4.48. The first-order valence-electron chi connectivity index (χ1n) is 4.48.